The van der Waals surface area contributed by atoms with E-state index in [0.29, 0.717) is 37.0 Å². The Bertz CT molecular complexity index is 1050. The predicted molar refractivity (Wildman–Crippen MR) is 110 cm³/mol. The largest absolute Gasteiger partial charge is 0.476 e. The van der Waals surface area contributed by atoms with Gasteiger partial charge in [-0.15, -0.1) is 0 Å². The maximum atomic E-state index is 11.4. The van der Waals surface area contributed by atoms with Crippen LogP contribution in [0.5, 0.6) is 0 Å². The Labute approximate surface area is 167 Å². The highest BCUT2D eigenvalue weighted by atomic mass is 16.5. The molecule has 0 saturated carbocycles. The summed E-state index contributed by atoms with van der Waals surface area (Å²) in [5.41, 5.74) is 5.54. The molecule has 9 nitrogen and oxygen atoms in total. The van der Waals surface area contributed by atoms with Gasteiger partial charge in [-0.1, -0.05) is 29.8 Å². The Kier molecular flexibility index (Phi) is 5.39. The summed E-state index contributed by atoms with van der Waals surface area (Å²) >= 11 is 0. The molecule has 3 aromatic rings. The lowest BCUT2D eigenvalue weighted by Gasteiger charge is -2.21. The third kappa shape index (κ3) is 4.35. The monoisotopic (exact) mass is 394 g/mol. The fourth-order valence-corrected chi connectivity index (χ4v) is 3.23. The number of anilines is 2. The van der Waals surface area contributed by atoms with Gasteiger partial charge in [-0.25, -0.2) is 14.8 Å². The van der Waals surface area contributed by atoms with E-state index >= 15 is 0 Å². The standard InChI is InChI=1S/C20H22N6O3/c1-14-4-2-5-15(10-14)11-21-24-17-13-26-12-16(20(27)28)22-18(26)19(23-17)25-6-3-8-29-9-7-25/h2,4-5,10-13,24H,3,6-9H2,1H3,(H,27,28)/b21-11+. The lowest BCUT2D eigenvalue weighted by Crippen LogP contribution is -2.27. The van der Waals surface area contributed by atoms with Crippen molar-refractivity contribution in [1.29, 1.82) is 0 Å². The molecule has 2 aromatic heterocycles. The third-order valence-electron chi connectivity index (χ3n) is 4.60. The Morgan fingerprint density at radius 2 is 2.17 bits per heavy atom. The zero-order valence-corrected chi connectivity index (χ0v) is 16.1. The molecule has 150 valence electrons. The second kappa shape index (κ2) is 8.27. The number of aromatic carboxylic acids is 1. The van der Waals surface area contributed by atoms with Gasteiger partial charge in [0.2, 0.25) is 0 Å². The van der Waals surface area contributed by atoms with E-state index in [-0.39, 0.29) is 5.69 Å². The molecular weight excluding hydrogens is 372 g/mol. The highest BCUT2D eigenvalue weighted by Crippen LogP contribution is 2.23. The molecule has 1 fully saturated rings. The summed E-state index contributed by atoms with van der Waals surface area (Å²) in [6.45, 7) is 4.72. The number of hydrogen-bond acceptors (Lipinski definition) is 7. The van der Waals surface area contributed by atoms with E-state index in [1.54, 1.807) is 16.8 Å². The summed E-state index contributed by atoms with van der Waals surface area (Å²) in [7, 11) is 0. The highest BCUT2D eigenvalue weighted by Gasteiger charge is 2.19. The number of hydrazone groups is 1. The summed E-state index contributed by atoms with van der Waals surface area (Å²) in [6, 6.07) is 7.99. The van der Waals surface area contributed by atoms with Gasteiger partial charge in [-0.3, -0.25) is 9.83 Å². The minimum atomic E-state index is -1.08. The predicted octanol–water partition coefficient (Wildman–Crippen LogP) is 2.41. The average Bonchev–Trinajstić information content (AvgIpc) is 2.95. The molecule has 0 amide bonds. The first-order valence-electron chi connectivity index (χ1n) is 9.41. The summed E-state index contributed by atoms with van der Waals surface area (Å²) in [5, 5.41) is 13.6. The van der Waals surface area contributed by atoms with Gasteiger partial charge in [0.1, 0.15) is 0 Å². The topological polar surface area (TPSA) is 104 Å². The van der Waals surface area contributed by atoms with Gasteiger partial charge < -0.3 is 14.7 Å². The van der Waals surface area contributed by atoms with Crippen LogP contribution in [0.4, 0.5) is 11.6 Å². The van der Waals surface area contributed by atoms with Gasteiger partial charge >= 0.3 is 5.97 Å². The molecule has 0 unspecified atom stereocenters. The van der Waals surface area contributed by atoms with Crippen LogP contribution in [0.25, 0.3) is 5.65 Å². The van der Waals surface area contributed by atoms with Gasteiger partial charge in [0, 0.05) is 25.9 Å². The van der Waals surface area contributed by atoms with Gasteiger partial charge in [0.05, 0.1) is 19.0 Å². The van der Waals surface area contributed by atoms with Crippen molar-refractivity contribution < 1.29 is 14.6 Å². The number of aromatic nitrogens is 3. The van der Waals surface area contributed by atoms with Crippen LogP contribution in [0.3, 0.4) is 0 Å². The number of aryl methyl sites for hydroxylation is 1. The molecule has 1 saturated heterocycles. The first-order valence-corrected chi connectivity index (χ1v) is 9.41. The summed E-state index contributed by atoms with van der Waals surface area (Å²) in [4.78, 5) is 22.4. The Morgan fingerprint density at radius 3 is 3.00 bits per heavy atom. The molecule has 1 aliphatic rings. The van der Waals surface area contributed by atoms with Crippen LogP contribution in [-0.2, 0) is 4.74 Å². The molecule has 0 spiro atoms. The number of carboxylic acid groups (broad SMARTS) is 1. The van der Waals surface area contributed by atoms with Gasteiger partial charge in [-0.2, -0.15) is 5.10 Å². The molecule has 3 heterocycles. The van der Waals surface area contributed by atoms with Crippen molar-refractivity contribution in [3.8, 4) is 0 Å². The molecule has 0 aliphatic carbocycles. The van der Waals surface area contributed by atoms with Crippen LogP contribution < -0.4 is 10.3 Å². The quantitative estimate of drug-likeness (QED) is 0.506. The highest BCUT2D eigenvalue weighted by molar-refractivity contribution is 5.87. The molecule has 29 heavy (non-hydrogen) atoms. The van der Waals surface area contributed by atoms with E-state index in [4.69, 9.17) is 4.74 Å². The van der Waals surface area contributed by atoms with E-state index in [1.165, 1.54) is 6.20 Å². The van der Waals surface area contributed by atoms with Crippen molar-refractivity contribution in [2.75, 3.05) is 36.6 Å². The zero-order valence-electron chi connectivity index (χ0n) is 16.1. The van der Waals surface area contributed by atoms with Crippen LogP contribution in [-0.4, -0.2) is 58.0 Å². The maximum Gasteiger partial charge on any atom is 0.356 e. The van der Waals surface area contributed by atoms with Crippen molar-refractivity contribution in [3.63, 3.8) is 0 Å². The van der Waals surface area contributed by atoms with Crippen molar-refractivity contribution in [1.82, 2.24) is 14.4 Å². The molecule has 0 radical (unpaired) electrons. The van der Waals surface area contributed by atoms with Crippen LogP contribution >= 0.6 is 0 Å². The van der Waals surface area contributed by atoms with Gasteiger partial charge in [0.15, 0.2) is 23.0 Å². The van der Waals surface area contributed by atoms with E-state index < -0.39 is 5.97 Å². The molecule has 1 aliphatic heterocycles. The summed E-state index contributed by atoms with van der Waals surface area (Å²) in [6.07, 6.45) is 5.74. The second-order valence-electron chi connectivity index (χ2n) is 6.85. The zero-order chi connectivity index (χ0) is 20.2. The first-order chi connectivity index (χ1) is 14.1. The number of hydrogen-bond donors (Lipinski definition) is 2. The summed E-state index contributed by atoms with van der Waals surface area (Å²) < 4.78 is 7.19. The average molecular weight is 394 g/mol. The lowest BCUT2D eigenvalue weighted by molar-refractivity contribution is 0.0691. The number of imidazole rings is 1. The van der Waals surface area contributed by atoms with Crippen LogP contribution in [0, 0.1) is 6.92 Å². The smallest absolute Gasteiger partial charge is 0.356 e. The van der Waals surface area contributed by atoms with Crippen LogP contribution in [0.15, 0.2) is 41.8 Å². The number of carboxylic acids is 1. The van der Waals surface area contributed by atoms with E-state index in [9.17, 15) is 9.90 Å². The molecule has 1 aromatic carbocycles. The molecule has 2 N–H and O–H groups in total. The summed E-state index contributed by atoms with van der Waals surface area (Å²) in [5.74, 6) is 0.0282. The Morgan fingerprint density at radius 1 is 1.28 bits per heavy atom. The normalized spacial score (nSPS) is 15.0. The van der Waals surface area contributed by atoms with Crippen LogP contribution in [0.1, 0.15) is 28.0 Å². The lowest BCUT2D eigenvalue weighted by atomic mass is 10.2. The SMILES string of the molecule is Cc1cccc(/C=N/Nc2cn3cc(C(=O)O)nc3c(N3CCCOCC3)n2)c1. The van der Waals surface area contributed by atoms with Gasteiger partial charge in [0.25, 0.3) is 0 Å². The number of rotatable bonds is 5. The van der Waals surface area contributed by atoms with E-state index in [1.807, 2.05) is 31.2 Å². The minimum Gasteiger partial charge on any atom is -0.476 e. The van der Waals surface area contributed by atoms with Crippen LogP contribution in [0.2, 0.25) is 0 Å². The number of benzene rings is 1. The third-order valence-corrected chi connectivity index (χ3v) is 4.60. The molecule has 0 atom stereocenters. The molecular formula is C20H22N6O3. The van der Waals surface area contributed by atoms with Crippen molar-refractivity contribution in [2.24, 2.45) is 5.10 Å². The fraction of sp³-hybridized carbons (Fsp3) is 0.300. The number of carbonyl (C=O) groups is 1. The van der Waals surface area contributed by atoms with Crippen molar-refractivity contribution >= 4 is 29.5 Å². The van der Waals surface area contributed by atoms with E-state index in [0.717, 1.165) is 24.1 Å². The molecule has 0 bridgehead atoms. The van der Waals surface area contributed by atoms with E-state index in [2.05, 4.69) is 25.4 Å². The minimum absolute atomic E-state index is 0.0282. The fourth-order valence-electron chi connectivity index (χ4n) is 3.23. The number of ether oxygens (including phenoxy) is 1. The number of nitrogens with one attached hydrogen (secondary N) is 1. The Hall–Kier alpha value is -3.46. The molecule has 4 rings (SSSR count). The molecule has 9 heteroatoms. The maximum absolute atomic E-state index is 11.4. The first kappa shape index (κ1) is 18.9. The van der Waals surface area contributed by atoms with Gasteiger partial charge in [-0.05, 0) is 18.9 Å². The van der Waals surface area contributed by atoms with Crippen molar-refractivity contribution in [2.45, 2.75) is 13.3 Å². The number of nitrogens with zero attached hydrogens (tertiary/aromatic N) is 5. The Balaban J connectivity index is 1.67. The number of fused-ring (bicyclic) bond motifs is 1. The second-order valence-corrected chi connectivity index (χ2v) is 6.85. The van der Waals surface area contributed by atoms with Crippen molar-refractivity contribution in [3.05, 3.63) is 53.5 Å².